The Morgan fingerprint density at radius 1 is 1.29 bits per heavy atom. The van der Waals surface area contributed by atoms with Gasteiger partial charge in [0.15, 0.2) is 16.6 Å². The van der Waals surface area contributed by atoms with Crippen LogP contribution in [0.2, 0.25) is 0 Å². The first kappa shape index (κ1) is 15.9. The molecule has 0 saturated carbocycles. The van der Waals surface area contributed by atoms with Crippen LogP contribution in [-0.2, 0) is 11.3 Å². The van der Waals surface area contributed by atoms with Gasteiger partial charge in [0.25, 0.3) is 0 Å². The summed E-state index contributed by atoms with van der Waals surface area (Å²) in [6, 6.07) is 5.81. The molecule has 1 aliphatic rings. The highest BCUT2D eigenvalue weighted by Crippen LogP contribution is 2.27. The van der Waals surface area contributed by atoms with E-state index < -0.39 is 0 Å². The first-order valence-electron chi connectivity index (χ1n) is 7.07. The van der Waals surface area contributed by atoms with Crippen molar-refractivity contribution in [3.8, 4) is 11.5 Å². The second kappa shape index (κ2) is 8.05. The fourth-order valence-electron chi connectivity index (χ4n) is 2.25. The van der Waals surface area contributed by atoms with Gasteiger partial charge in [0, 0.05) is 19.7 Å². The van der Waals surface area contributed by atoms with E-state index in [9.17, 15) is 0 Å². The maximum absolute atomic E-state index is 5.54. The smallest absolute Gasteiger partial charge is 0.166 e. The van der Waals surface area contributed by atoms with Crippen LogP contribution in [0.4, 0.5) is 0 Å². The predicted molar refractivity (Wildman–Crippen MR) is 86.0 cm³/mol. The molecule has 0 spiro atoms. The molecule has 1 aliphatic heterocycles. The minimum Gasteiger partial charge on any atom is -0.493 e. The number of rotatable bonds is 6. The van der Waals surface area contributed by atoms with Crippen LogP contribution in [0.25, 0.3) is 0 Å². The first-order valence-corrected chi connectivity index (χ1v) is 7.48. The van der Waals surface area contributed by atoms with Gasteiger partial charge in [-0.2, -0.15) is 0 Å². The maximum Gasteiger partial charge on any atom is 0.166 e. The van der Waals surface area contributed by atoms with Crippen LogP contribution in [-0.4, -0.2) is 38.6 Å². The van der Waals surface area contributed by atoms with Crippen molar-refractivity contribution in [3.63, 3.8) is 0 Å². The Morgan fingerprint density at radius 2 is 2.10 bits per heavy atom. The largest absolute Gasteiger partial charge is 0.493 e. The van der Waals surface area contributed by atoms with Gasteiger partial charge in [0.1, 0.15) is 0 Å². The van der Waals surface area contributed by atoms with E-state index in [1.807, 2.05) is 18.2 Å². The molecule has 0 unspecified atom stereocenters. The van der Waals surface area contributed by atoms with E-state index in [2.05, 4.69) is 10.6 Å². The van der Waals surface area contributed by atoms with Crippen LogP contribution >= 0.6 is 12.2 Å². The number of ether oxygens (including phenoxy) is 3. The van der Waals surface area contributed by atoms with Gasteiger partial charge in [-0.15, -0.1) is 0 Å². The lowest BCUT2D eigenvalue weighted by atomic mass is 10.2. The predicted octanol–water partition coefficient (Wildman–Crippen LogP) is 1.85. The third-order valence-electron chi connectivity index (χ3n) is 3.42. The summed E-state index contributed by atoms with van der Waals surface area (Å²) in [5.41, 5.74) is 1.08. The van der Waals surface area contributed by atoms with Gasteiger partial charge in [-0.3, -0.25) is 0 Å². The highest BCUT2D eigenvalue weighted by atomic mass is 32.1. The van der Waals surface area contributed by atoms with E-state index in [-0.39, 0.29) is 6.10 Å². The topological polar surface area (TPSA) is 51.8 Å². The lowest BCUT2D eigenvalue weighted by Crippen LogP contribution is -2.39. The zero-order chi connectivity index (χ0) is 15.1. The van der Waals surface area contributed by atoms with Gasteiger partial charge < -0.3 is 24.8 Å². The van der Waals surface area contributed by atoms with E-state index in [0.29, 0.717) is 11.7 Å². The van der Waals surface area contributed by atoms with Gasteiger partial charge in [0.05, 0.1) is 20.3 Å². The van der Waals surface area contributed by atoms with Crippen LogP contribution in [0.1, 0.15) is 18.4 Å². The van der Waals surface area contributed by atoms with Crippen molar-refractivity contribution < 1.29 is 14.2 Å². The van der Waals surface area contributed by atoms with Gasteiger partial charge in [-0.25, -0.2) is 0 Å². The number of methoxy groups -OCH3 is 2. The molecule has 1 saturated heterocycles. The van der Waals surface area contributed by atoms with E-state index in [0.717, 1.165) is 43.1 Å². The van der Waals surface area contributed by atoms with Crippen molar-refractivity contribution in [1.29, 1.82) is 0 Å². The molecule has 116 valence electrons. The molecule has 0 radical (unpaired) electrons. The Labute approximate surface area is 131 Å². The van der Waals surface area contributed by atoms with E-state index in [1.165, 1.54) is 0 Å². The fourth-order valence-corrected chi connectivity index (χ4v) is 2.40. The highest BCUT2D eigenvalue weighted by molar-refractivity contribution is 7.80. The summed E-state index contributed by atoms with van der Waals surface area (Å²) >= 11 is 5.26. The van der Waals surface area contributed by atoms with Crippen molar-refractivity contribution in [2.24, 2.45) is 0 Å². The van der Waals surface area contributed by atoms with Gasteiger partial charge in [-0.1, -0.05) is 6.07 Å². The summed E-state index contributed by atoms with van der Waals surface area (Å²) < 4.78 is 16.0. The molecule has 5 nitrogen and oxygen atoms in total. The summed E-state index contributed by atoms with van der Waals surface area (Å²) in [4.78, 5) is 0. The summed E-state index contributed by atoms with van der Waals surface area (Å²) in [5.74, 6) is 1.44. The maximum atomic E-state index is 5.54. The van der Waals surface area contributed by atoms with Gasteiger partial charge >= 0.3 is 0 Å². The molecule has 1 aromatic rings. The number of hydrogen-bond acceptors (Lipinski definition) is 4. The number of hydrogen-bond donors (Lipinski definition) is 2. The Hall–Kier alpha value is -1.53. The molecule has 6 heteroatoms. The number of nitrogens with one attached hydrogen (secondary N) is 2. The molecule has 0 aliphatic carbocycles. The fraction of sp³-hybridized carbons (Fsp3) is 0.533. The minimum atomic E-state index is 0.283. The van der Waals surface area contributed by atoms with E-state index in [1.54, 1.807) is 14.2 Å². The Morgan fingerprint density at radius 3 is 2.76 bits per heavy atom. The lowest BCUT2D eigenvalue weighted by molar-refractivity contribution is 0.114. The third kappa shape index (κ3) is 4.75. The number of benzene rings is 1. The monoisotopic (exact) mass is 310 g/mol. The van der Waals surface area contributed by atoms with Crippen molar-refractivity contribution in [2.75, 3.05) is 27.4 Å². The van der Waals surface area contributed by atoms with Crippen LogP contribution in [0.3, 0.4) is 0 Å². The van der Waals surface area contributed by atoms with Crippen molar-refractivity contribution in [2.45, 2.75) is 25.5 Å². The van der Waals surface area contributed by atoms with Crippen molar-refractivity contribution in [3.05, 3.63) is 23.8 Å². The van der Waals surface area contributed by atoms with Crippen LogP contribution in [0.5, 0.6) is 11.5 Å². The molecular weight excluding hydrogens is 288 g/mol. The first-order chi connectivity index (χ1) is 10.2. The minimum absolute atomic E-state index is 0.283. The summed E-state index contributed by atoms with van der Waals surface area (Å²) in [6.07, 6.45) is 2.52. The lowest BCUT2D eigenvalue weighted by Gasteiger charge is -2.14. The molecule has 0 amide bonds. The summed E-state index contributed by atoms with van der Waals surface area (Å²) in [6.45, 7) is 2.26. The highest BCUT2D eigenvalue weighted by Gasteiger charge is 2.15. The average Bonchev–Trinajstić information content (AvgIpc) is 3.04. The Kier molecular flexibility index (Phi) is 6.07. The van der Waals surface area contributed by atoms with Gasteiger partial charge in [-0.05, 0) is 42.8 Å². The van der Waals surface area contributed by atoms with Crippen LogP contribution < -0.4 is 20.1 Å². The summed E-state index contributed by atoms with van der Waals surface area (Å²) in [5, 5.41) is 7.00. The molecule has 2 rings (SSSR count). The van der Waals surface area contributed by atoms with Crippen LogP contribution in [0.15, 0.2) is 18.2 Å². The molecule has 1 atom stereocenters. The normalized spacial score (nSPS) is 17.3. The molecule has 1 heterocycles. The molecule has 21 heavy (non-hydrogen) atoms. The van der Waals surface area contributed by atoms with Gasteiger partial charge in [0.2, 0.25) is 0 Å². The quantitative estimate of drug-likeness (QED) is 0.782. The standard InChI is InChI=1S/C15H22N2O3S/c1-18-13-6-5-11(8-14(13)19-2)9-16-15(21)17-10-12-4-3-7-20-12/h5-6,8,12H,3-4,7,9-10H2,1-2H3,(H2,16,17,21)/t12-/m0/s1. The Balaban J connectivity index is 1.77. The second-order valence-corrected chi connectivity index (χ2v) is 5.30. The van der Waals surface area contributed by atoms with Crippen LogP contribution in [0, 0.1) is 0 Å². The third-order valence-corrected chi connectivity index (χ3v) is 3.70. The zero-order valence-electron chi connectivity index (χ0n) is 12.5. The summed E-state index contributed by atoms with van der Waals surface area (Å²) in [7, 11) is 3.25. The molecule has 1 fully saturated rings. The molecular formula is C15H22N2O3S. The van der Waals surface area contributed by atoms with E-state index in [4.69, 9.17) is 26.4 Å². The zero-order valence-corrected chi connectivity index (χ0v) is 13.3. The average molecular weight is 310 g/mol. The van der Waals surface area contributed by atoms with Crippen molar-refractivity contribution >= 4 is 17.3 Å². The van der Waals surface area contributed by atoms with Crippen molar-refractivity contribution in [1.82, 2.24) is 10.6 Å². The second-order valence-electron chi connectivity index (χ2n) is 4.89. The molecule has 1 aromatic carbocycles. The Bertz CT molecular complexity index is 476. The molecule has 0 aromatic heterocycles. The molecule has 0 bridgehead atoms. The van der Waals surface area contributed by atoms with E-state index >= 15 is 0 Å². The SMILES string of the molecule is COc1ccc(CNC(=S)NC[C@@H]2CCCO2)cc1OC. The number of thiocarbonyl (C=S) groups is 1. The molecule has 2 N–H and O–H groups in total.